The molecule has 0 aliphatic heterocycles. The molecule has 0 fully saturated rings. The summed E-state index contributed by atoms with van der Waals surface area (Å²) in [5, 5.41) is -0.232. The lowest BCUT2D eigenvalue weighted by Crippen LogP contribution is -2.17. The fraction of sp³-hybridized carbons (Fsp3) is 0.700. The Balaban J connectivity index is 1.62. The molecule has 2 nitrogen and oxygen atoms in total. The van der Waals surface area contributed by atoms with E-state index in [4.69, 9.17) is 0 Å². The van der Waals surface area contributed by atoms with Crippen LogP contribution >= 0.6 is 0 Å². The predicted molar refractivity (Wildman–Crippen MR) is 98.9 cm³/mol. The Morgan fingerprint density at radius 2 is 1.78 bits per heavy atom. The standard InChI is InChI=1S/C20H32O2S/c1-16(2)23(21,22)14-8-6-4-5-7-9-18-11-13-19-12-10-17(3)20(19)15-18/h11,13,15-17H,4-10,12,14H2,1-3H3. The van der Waals surface area contributed by atoms with Crippen molar-refractivity contribution in [3.63, 3.8) is 0 Å². The number of fused-ring (bicyclic) bond motifs is 1. The van der Waals surface area contributed by atoms with Crippen LogP contribution in [0.25, 0.3) is 0 Å². The quantitative estimate of drug-likeness (QED) is 0.591. The highest BCUT2D eigenvalue weighted by atomic mass is 32.2. The molecule has 1 aromatic carbocycles. The molecule has 0 N–H and O–H groups in total. The number of sulfone groups is 1. The van der Waals surface area contributed by atoms with E-state index in [1.807, 2.05) is 0 Å². The first kappa shape index (κ1) is 18.5. The maximum absolute atomic E-state index is 11.7. The maximum Gasteiger partial charge on any atom is 0.152 e. The molecule has 1 aliphatic rings. The van der Waals surface area contributed by atoms with Crippen molar-refractivity contribution in [3.05, 3.63) is 34.9 Å². The SMILES string of the molecule is CC1CCc2ccc(CCCCCCCS(=O)(=O)C(C)C)cc21. The van der Waals surface area contributed by atoms with Crippen LogP contribution in [0.5, 0.6) is 0 Å². The second-order valence-electron chi connectivity index (χ2n) is 7.41. The van der Waals surface area contributed by atoms with E-state index in [-0.39, 0.29) is 5.25 Å². The molecule has 0 saturated carbocycles. The summed E-state index contributed by atoms with van der Waals surface area (Å²) >= 11 is 0. The first-order chi connectivity index (χ1) is 10.9. The molecule has 0 aromatic heterocycles. The second kappa shape index (κ2) is 8.32. The van der Waals surface area contributed by atoms with Crippen molar-refractivity contribution in [3.8, 4) is 0 Å². The summed E-state index contributed by atoms with van der Waals surface area (Å²) in [6, 6.07) is 7.04. The predicted octanol–water partition coefficient (Wildman–Crippen LogP) is 5.05. The van der Waals surface area contributed by atoms with Crippen LogP contribution in [0, 0.1) is 0 Å². The summed E-state index contributed by atoms with van der Waals surface area (Å²) in [6.45, 7) is 5.88. The molecule has 1 atom stereocenters. The zero-order valence-corrected chi connectivity index (χ0v) is 15.8. The van der Waals surface area contributed by atoms with Gasteiger partial charge in [0.1, 0.15) is 0 Å². The van der Waals surface area contributed by atoms with E-state index < -0.39 is 9.84 Å². The van der Waals surface area contributed by atoms with E-state index in [1.165, 1.54) is 31.2 Å². The third kappa shape index (κ3) is 5.34. The van der Waals surface area contributed by atoms with Crippen LogP contribution in [0.4, 0.5) is 0 Å². The summed E-state index contributed by atoms with van der Waals surface area (Å²) in [6.07, 6.45) is 9.12. The van der Waals surface area contributed by atoms with Gasteiger partial charge < -0.3 is 0 Å². The van der Waals surface area contributed by atoms with Crippen molar-refractivity contribution >= 4 is 9.84 Å². The van der Waals surface area contributed by atoms with Gasteiger partial charge >= 0.3 is 0 Å². The van der Waals surface area contributed by atoms with Gasteiger partial charge in [0.2, 0.25) is 0 Å². The highest BCUT2D eigenvalue weighted by molar-refractivity contribution is 7.91. The van der Waals surface area contributed by atoms with Crippen LogP contribution in [-0.2, 0) is 22.7 Å². The lowest BCUT2D eigenvalue weighted by Gasteiger charge is -2.09. The summed E-state index contributed by atoms with van der Waals surface area (Å²) in [4.78, 5) is 0. The highest BCUT2D eigenvalue weighted by Gasteiger charge is 2.18. The largest absolute Gasteiger partial charge is 0.229 e. The van der Waals surface area contributed by atoms with E-state index in [1.54, 1.807) is 25.0 Å². The molecule has 130 valence electrons. The second-order valence-corrected chi connectivity index (χ2v) is 10.1. The Morgan fingerprint density at radius 3 is 2.52 bits per heavy atom. The van der Waals surface area contributed by atoms with Crippen molar-refractivity contribution in [2.75, 3.05) is 5.75 Å². The Hall–Kier alpha value is -0.830. The lowest BCUT2D eigenvalue weighted by atomic mass is 9.98. The smallest absolute Gasteiger partial charge is 0.152 e. The van der Waals surface area contributed by atoms with Gasteiger partial charge in [0.25, 0.3) is 0 Å². The minimum absolute atomic E-state index is 0.232. The molecule has 0 spiro atoms. The molecule has 1 aliphatic carbocycles. The average Bonchev–Trinajstić information content (AvgIpc) is 2.87. The van der Waals surface area contributed by atoms with Gasteiger partial charge in [-0.2, -0.15) is 0 Å². The number of aryl methyl sites for hydroxylation is 2. The van der Waals surface area contributed by atoms with Crippen molar-refractivity contribution < 1.29 is 8.42 Å². The number of hydrogen-bond donors (Lipinski definition) is 0. The molecule has 1 aromatic rings. The van der Waals surface area contributed by atoms with Gasteiger partial charge in [-0.15, -0.1) is 0 Å². The molecule has 2 rings (SSSR count). The third-order valence-electron chi connectivity index (χ3n) is 5.20. The maximum atomic E-state index is 11.7. The van der Waals surface area contributed by atoms with Crippen molar-refractivity contribution in [2.24, 2.45) is 0 Å². The van der Waals surface area contributed by atoms with Gasteiger partial charge in [-0.25, -0.2) is 8.42 Å². The van der Waals surface area contributed by atoms with E-state index in [0.717, 1.165) is 31.6 Å². The van der Waals surface area contributed by atoms with E-state index in [2.05, 4.69) is 25.1 Å². The molecule has 0 bridgehead atoms. The molecular formula is C20H32O2S. The molecule has 3 heteroatoms. The molecule has 0 radical (unpaired) electrons. The fourth-order valence-electron chi connectivity index (χ4n) is 3.41. The van der Waals surface area contributed by atoms with Crippen LogP contribution < -0.4 is 0 Å². The van der Waals surface area contributed by atoms with Crippen LogP contribution in [0.15, 0.2) is 18.2 Å². The monoisotopic (exact) mass is 336 g/mol. The van der Waals surface area contributed by atoms with Gasteiger partial charge in [0.15, 0.2) is 9.84 Å². The van der Waals surface area contributed by atoms with Gasteiger partial charge in [-0.1, -0.05) is 44.4 Å². The minimum Gasteiger partial charge on any atom is -0.229 e. The van der Waals surface area contributed by atoms with Crippen LogP contribution in [0.1, 0.15) is 81.9 Å². The van der Waals surface area contributed by atoms with Crippen LogP contribution in [0.3, 0.4) is 0 Å². The molecular weight excluding hydrogens is 304 g/mol. The van der Waals surface area contributed by atoms with Crippen LogP contribution in [-0.4, -0.2) is 19.4 Å². The highest BCUT2D eigenvalue weighted by Crippen LogP contribution is 2.33. The van der Waals surface area contributed by atoms with Crippen molar-refractivity contribution in [1.82, 2.24) is 0 Å². The first-order valence-electron chi connectivity index (χ1n) is 9.23. The Labute approximate surface area is 142 Å². The van der Waals surface area contributed by atoms with E-state index >= 15 is 0 Å². The average molecular weight is 337 g/mol. The molecule has 0 amide bonds. The summed E-state index contributed by atoms with van der Waals surface area (Å²) in [5.41, 5.74) is 4.59. The number of hydrogen-bond acceptors (Lipinski definition) is 2. The Bertz CT molecular complexity index is 602. The first-order valence-corrected chi connectivity index (χ1v) is 10.9. The van der Waals surface area contributed by atoms with E-state index in [0.29, 0.717) is 5.75 Å². The molecule has 0 saturated heterocycles. The zero-order chi connectivity index (χ0) is 16.9. The van der Waals surface area contributed by atoms with Gasteiger partial charge in [-0.05, 0) is 68.6 Å². The molecule has 1 unspecified atom stereocenters. The van der Waals surface area contributed by atoms with Crippen molar-refractivity contribution in [1.29, 1.82) is 0 Å². The van der Waals surface area contributed by atoms with Crippen LogP contribution in [0.2, 0.25) is 0 Å². The summed E-state index contributed by atoms with van der Waals surface area (Å²) in [5.74, 6) is 1.08. The Kier molecular flexibility index (Phi) is 6.70. The topological polar surface area (TPSA) is 34.1 Å². The van der Waals surface area contributed by atoms with Gasteiger partial charge in [0, 0.05) is 0 Å². The number of rotatable bonds is 9. The number of unbranched alkanes of at least 4 members (excludes halogenated alkanes) is 4. The normalized spacial score (nSPS) is 17.7. The lowest BCUT2D eigenvalue weighted by molar-refractivity contribution is 0.577. The molecule has 23 heavy (non-hydrogen) atoms. The van der Waals surface area contributed by atoms with Gasteiger partial charge in [-0.3, -0.25) is 0 Å². The summed E-state index contributed by atoms with van der Waals surface area (Å²) in [7, 11) is -2.85. The third-order valence-corrected chi connectivity index (χ3v) is 7.49. The minimum atomic E-state index is -2.85. The van der Waals surface area contributed by atoms with E-state index in [9.17, 15) is 8.42 Å². The van der Waals surface area contributed by atoms with Gasteiger partial charge in [0.05, 0.1) is 11.0 Å². The van der Waals surface area contributed by atoms with Crippen molar-refractivity contribution in [2.45, 2.75) is 83.3 Å². The fourth-order valence-corrected chi connectivity index (χ4v) is 4.49. The summed E-state index contributed by atoms with van der Waals surface area (Å²) < 4.78 is 23.4. The number of benzene rings is 1. The molecule has 0 heterocycles. The Morgan fingerprint density at radius 1 is 1.09 bits per heavy atom. The zero-order valence-electron chi connectivity index (χ0n) is 15.0.